The summed E-state index contributed by atoms with van der Waals surface area (Å²) in [4.78, 5) is 22.7. The summed E-state index contributed by atoms with van der Waals surface area (Å²) in [6, 6.07) is 0. The number of aliphatic hydroxyl groups excluding tert-OH is 1. The molecule has 0 aromatic rings. The lowest BCUT2D eigenvalue weighted by Crippen LogP contribution is -2.43. The molecule has 4 atom stereocenters. The molecule has 170 valence electrons. The first-order chi connectivity index (χ1) is 13.4. The van der Waals surface area contributed by atoms with Gasteiger partial charge in [-0.05, 0) is 31.0 Å². The molecule has 1 rings (SSSR count). The van der Waals surface area contributed by atoms with Crippen LogP contribution in [0.1, 0.15) is 72.6 Å². The summed E-state index contributed by atoms with van der Waals surface area (Å²) < 4.78 is 16.6. The summed E-state index contributed by atoms with van der Waals surface area (Å²) in [5.41, 5.74) is 0. The van der Waals surface area contributed by atoms with Gasteiger partial charge in [-0.2, -0.15) is 0 Å². The van der Waals surface area contributed by atoms with Crippen molar-refractivity contribution in [2.45, 2.75) is 103 Å². The van der Waals surface area contributed by atoms with Gasteiger partial charge in [0, 0.05) is 38.2 Å². The van der Waals surface area contributed by atoms with Gasteiger partial charge in [0.15, 0.2) is 8.32 Å². The van der Waals surface area contributed by atoms with Crippen molar-refractivity contribution >= 4 is 20.3 Å². The van der Waals surface area contributed by atoms with Gasteiger partial charge in [-0.1, -0.05) is 40.0 Å². The third kappa shape index (κ3) is 8.38. The Hall–Kier alpha value is -0.923. The number of carbonyl (C=O) groups is 2. The van der Waals surface area contributed by atoms with E-state index in [2.05, 4.69) is 38.6 Å². The molecule has 0 amide bonds. The number of methoxy groups -OCH3 is 1. The molecule has 0 saturated heterocycles. The van der Waals surface area contributed by atoms with E-state index in [4.69, 9.17) is 9.16 Å². The van der Waals surface area contributed by atoms with Crippen LogP contribution in [0.5, 0.6) is 0 Å². The summed E-state index contributed by atoms with van der Waals surface area (Å²) in [5.74, 6) is -0.360. The molecule has 1 fully saturated rings. The third-order valence-electron chi connectivity index (χ3n) is 6.65. The van der Waals surface area contributed by atoms with Gasteiger partial charge in [-0.25, -0.2) is 0 Å². The Labute approximate surface area is 177 Å². The molecule has 0 aliphatic heterocycles. The minimum absolute atomic E-state index is 0.0106. The molecule has 0 heterocycles. The van der Waals surface area contributed by atoms with Crippen molar-refractivity contribution in [1.82, 2.24) is 0 Å². The number of carbonyl (C=O) groups excluding carboxylic acids is 2. The van der Waals surface area contributed by atoms with Crippen LogP contribution in [0, 0.1) is 11.8 Å². The smallest absolute Gasteiger partial charge is 0.305 e. The van der Waals surface area contributed by atoms with Crippen LogP contribution >= 0.6 is 0 Å². The van der Waals surface area contributed by atoms with Crippen LogP contribution in [-0.4, -0.2) is 51.3 Å². The van der Waals surface area contributed by atoms with Gasteiger partial charge in [-0.15, -0.1) is 0 Å². The monoisotopic (exact) mass is 430 g/mol. The molecule has 0 bridgehead atoms. The van der Waals surface area contributed by atoms with Crippen molar-refractivity contribution in [2.75, 3.05) is 13.7 Å². The van der Waals surface area contributed by atoms with Crippen molar-refractivity contribution in [3.05, 3.63) is 0 Å². The fourth-order valence-electron chi connectivity index (χ4n) is 3.76. The van der Waals surface area contributed by atoms with Crippen molar-refractivity contribution in [3.63, 3.8) is 0 Å². The fourth-order valence-corrected chi connectivity index (χ4v) is 4.80. The van der Waals surface area contributed by atoms with Crippen LogP contribution in [0.3, 0.4) is 0 Å². The average molecular weight is 431 g/mol. The summed E-state index contributed by atoms with van der Waals surface area (Å²) >= 11 is 0. The van der Waals surface area contributed by atoms with Gasteiger partial charge in [-0.3, -0.25) is 9.59 Å². The number of hydrogen-bond acceptors (Lipinski definition) is 6. The van der Waals surface area contributed by atoms with Gasteiger partial charge in [0.2, 0.25) is 0 Å². The number of esters is 2. The van der Waals surface area contributed by atoms with E-state index in [0.717, 1.165) is 32.1 Å². The molecule has 29 heavy (non-hydrogen) atoms. The van der Waals surface area contributed by atoms with E-state index in [0.29, 0.717) is 19.4 Å². The van der Waals surface area contributed by atoms with Crippen LogP contribution in [0.25, 0.3) is 0 Å². The van der Waals surface area contributed by atoms with Gasteiger partial charge in [0.05, 0.1) is 13.2 Å². The summed E-state index contributed by atoms with van der Waals surface area (Å²) in [7, 11) is -0.500. The SMILES string of the molecule is COC(=O)CCCCCCC1[C@@H](OC(C)=O)C[C@H](O)[C@@H]1CO[Si](C)(C)C(C)(C)C. The fraction of sp³-hybridized carbons (Fsp3) is 0.909. The number of hydrogen-bond donors (Lipinski definition) is 1. The maximum absolute atomic E-state index is 11.5. The summed E-state index contributed by atoms with van der Waals surface area (Å²) in [6.07, 6.45) is 4.85. The zero-order chi connectivity index (χ0) is 22.2. The highest BCUT2D eigenvalue weighted by molar-refractivity contribution is 6.74. The minimum Gasteiger partial charge on any atom is -0.469 e. The lowest BCUT2D eigenvalue weighted by Gasteiger charge is -2.38. The zero-order valence-electron chi connectivity index (χ0n) is 19.5. The van der Waals surface area contributed by atoms with Gasteiger partial charge >= 0.3 is 11.9 Å². The van der Waals surface area contributed by atoms with Crippen molar-refractivity contribution in [3.8, 4) is 0 Å². The van der Waals surface area contributed by atoms with E-state index in [1.807, 2.05) is 0 Å². The van der Waals surface area contributed by atoms with E-state index >= 15 is 0 Å². The quantitative estimate of drug-likeness (QED) is 0.296. The highest BCUT2D eigenvalue weighted by atomic mass is 28.4. The van der Waals surface area contributed by atoms with Gasteiger partial charge in [0.1, 0.15) is 6.10 Å². The highest BCUT2D eigenvalue weighted by Gasteiger charge is 2.46. The Morgan fingerprint density at radius 2 is 1.69 bits per heavy atom. The first kappa shape index (κ1) is 26.1. The van der Waals surface area contributed by atoms with Crippen molar-refractivity contribution in [2.24, 2.45) is 11.8 Å². The Morgan fingerprint density at radius 1 is 1.07 bits per heavy atom. The minimum atomic E-state index is -1.91. The van der Waals surface area contributed by atoms with E-state index < -0.39 is 14.4 Å². The number of ether oxygens (including phenoxy) is 2. The molecule has 0 radical (unpaired) electrons. The molecule has 1 aliphatic carbocycles. The third-order valence-corrected chi connectivity index (χ3v) is 11.2. The van der Waals surface area contributed by atoms with Gasteiger partial charge < -0.3 is 19.0 Å². The number of rotatable bonds is 11. The lowest BCUT2D eigenvalue weighted by molar-refractivity contribution is -0.148. The lowest BCUT2D eigenvalue weighted by atomic mass is 9.89. The maximum Gasteiger partial charge on any atom is 0.305 e. The molecule has 0 aromatic heterocycles. The van der Waals surface area contributed by atoms with Crippen molar-refractivity contribution < 1.29 is 28.6 Å². The second-order valence-corrected chi connectivity index (χ2v) is 14.7. The maximum atomic E-state index is 11.5. The Kier molecular flexibility index (Phi) is 10.3. The van der Waals surface area contributed by atoms with Crippen LogP contribution in [-0.2, 0) is 23.5 Å². The number of unbranched alkanes of at least 4 members (excludes halogenated alkanes) is 3. The Balaban J connectivity index is 2.64. The molecular formula is C22H42O6Si. The molecule has 1 unspecified atom stereocenters. The molecular weight excluding hydrogens is 388 g/mol. The standard InChI is InChI=1S/C22H42O6Si/c1-16(23)28-20-14-19(24)18(15-27-29(6,7)22(2,3)4)17(20)12-10-8-9-11-13-21(25)26-5/h17-20,24H,8-15H2,1-7H3/t17?,18-,19+,20+/m1/s1. The normalized spacial score (nSPS) is 25.1. The molecule has 0 spiro atoms. The van der Waals surface area contributed by atoms with E-state index in [9.17, 15) is 14.7 Å². The van der Waals surface area contributed by atoms with Crippen LogP contribution in [0.2, 0.25) is 18.1 Å². The molecule has 1 saturated carbocycles. The highest BCUT2D eigenvalue weighted by Crippen LogP contribution is 2.41. The Morgan fingerprint density at radius 3 is 2.24 bits per heavy atom. The van der Waals surface area contributed by atoms with Gasteiger partial charge in [0.25, 0.3) is 0 Å². The van der Waals surface area contributed by atoms with E-state index in [-0.39, 0.29) is 34.9 Å². The average Bonchev–Trinajstić information content (AvgIpc) is 2.88. The topological polar surface area (TPSA) is 82.1 Å². The molecule has 7 heteroatoms. The predicted octanol–water partition coefficient (Wildman–Crippen LogP) is 4.45. The summed E-state index contributed by atoms with van der Waals surface area (Å²) in [5, 5.41) is 10.8. The second-order valence-electron chi connectivity index (χ2n) is 9.88. The first-order valence-electron chi connectivity index (χ1n) is 10.9. The largest absolute Gasteiger partial charge is 0.469 e. The molecule has 0 aromatic carbocycles. The molecule has 1 N–H and O–H groups in total. The van der Waals surface area contributed by atoms with E-state index in [1.54, 1.807) is 0 Å². The molecule has 6 nitrogen and oxygen atoms in total. The van der Waals surface area contributed by atoms with Crippen LogP contribution in [0.4, 0.5) is 0 Å². The van der Waals surface area contributed by atoms with Crippen LogP contribution < -0.4 is 0 Å². The van der Waals surface area contributed by atoms with Crippen LogP contribution in [0.15, 0.2) is 0 Å². The predicted molar refractivity (Wildman–Crippen MR) is 116 cm³/mol. The second kappa shape index (κ2) is 11.5. The summed E-state index contributed by atoms with van der Waals surface area (Å²) in [6.45, 7) is 13.0. The van der Waals surface area contributed by atoms with Crippen molar-refractivity contribution in [1.29, 1.82) is 0 Å². The number of aliphatic hydroxyl groups is 1. The Bertz CT molecular complexity index is 528. The molecule has 1 aliphatic rings. The first-order valence-corrected chi connectivity index (χ1v) is 13.9. The zero-order valence-corrected chi connectivity index (χ0v) is 20.5. The van der Waals surface area contributed by atoms with E-state index in [1.165, 1.54) is 14.0 Å².